The lowest BCUT2D eigenvalue weighted by Crippen LogP contribution is -2.19. The molecule has 0 unspecified atom stereocenters. The zero-order valence-corrected chi connectivity index (χ0v) is 25.3. The quantitative estimate of drug-likeness (QED) is 0.169. The highest BCUT2D eigenvalue weighted by Gasteiger charge is 2.13. The lowest BCUT2D eigenvalue weighted by molar-refractivity contribution is -0.143. The summed E-state index contributed by atoms with van der Waals surface area (Å²) in [5.41, 5.74) is 0. The SMILES string of the molecule is CCSC(=S)C(=O)OCCOC(=O)C(=S)SCC.CSC(=S)C(=O)OCCOC(=O)C(=S)SC. The third-order valence-corrected chi connectivity index (χ3v) is 7.57. The molecule has 0 atom stereocenters. The summed E-state index contributed by atoms with van der Waals surface area (Å²) >= 11 is 23.8. The molecule has 0 radical (unpaired) electrons. The summed E-state index contributed by atoms with van der Waals surface area (Å²) in [5.74, 6) is -0.842. The van der Waals surface area contributed by atoms with E-state index < -0.39 is 23.9 Å². The second-order valence-corrected chi connectivity index (χ2v) is 11.8. The van der Waals surface area contributed by atoms with Gasteiger partial charge in [0.15, 0.2) is 16.8 Å². The minimum atomic E-state index is -0.578. The average Bonchev–Trinajstić information content (AvgIpc) is 2.83. The van der Waals surface area contributed by atoms with Gasteiger partial charge in [0, 0.05) is 0 Å². The van der Waals surface area contributed by atoms with E-state index in [1.54, 1.807) is 12.5 Å². The molecular weight excluding hydrogens is 601 g/mol. The van der Waals surface area contributed by atoms with Crippen LogP contribution in [0.25, 0.3) is 0 Å². The van der Waals surface area contributed by atoms with Crippen molar-refractivity contribution in [3.63, 3.8) is 0 Å². The Hall–Kier alpha value is -0.360. The zero-order valence-electron chi connectivity index (χ0n) is 18.8. The maximum absolute atomic E-state index is 11.3. The highest BCUT2D eigenvalue weighted by molar-refractivity contribution is 8.26. The second-order valence-electron chi connectivity index (χ2n) is 4.97. The first-order valence-electron chi connectivity index (χ1n) is 9.23. The predicted molar refractivity (Wildman–Crippen MR) is 158 cm³/mol. The molecule has 0 aromatic rings. The Morgan fingerprint density at radius 2 is 0.765 bits per heavy atom. The van der Waals surface area contributed by atoms with Gasteiger partial charge in [0.2, 0.25) is 0 Å². The van der Waals surface area contributed by atoms with Crippen LogP contribution in [0.3, 0.4) is 0 Å². The molecule has 0 aliphatic carbocycles. The smallest absolute Gasteiger partial charge is 0.355 e. The summed E-state index contributed by atoms with van der Waals surface area (Å²) in [6, 6.07) is 0. The Bertz CT molecular complexity index is 694. The zero-order chi connectivity index (χ0) is 26.5. The van der Waals surface area contributed by atoms with Gasteiger partial charge in [-0.25, -0.2) is 19.2 Å². The van der Waals surface area contributed by atoms with Crippen LogP contribution in [-0.4, -0.2) is 91.1 Å². The molecule has 8 nitrogen and oxygen atoms in total. The van der Waals surface area contributed by atoms with Gasteiger partial charge < -0.3 is 18.9 Å². The number of hydrogen-bond donors (Lipinski definition) is 0. The van der Waals surface area contributed by atoms with Crippen molar-refractivity contribution in [2.45, 2.75) is 13.8 Å². The lowest BCUT2D eigenvalue weighted by Gasteiger charge is -2.06. The Kier molecular flexibility index (Phi) is 24.3. The first-order valence-corrected chi connectivity index (χ1v) is 15.3. The van der Waals surface area contributed by atoms with Gasteiger partial charge in [0.05, 0.1) is 0 Å². The van der Waals surface area contributed by atoms with Gasteiger partial charge in [-0.1, -0.05) is 62.7 Å². The van der Waals surface area contributed by atoms with Crippen molar-refractivity contribution in [1.29, 1.82) is 0 Å². The first-order chi connectivity index (χ1) is 16.0. The Morgan fingerprint density at radius 3 is 0.971 bits per heavy atom. The molecule has 0 saturated carbocycles. The molecule has 192 valence electrons. The average molecular weight is 625 g/mol. The molecule has 0 amide bonds. The monoisotopic (exact) mass is 624 g/mol. The number of carbonyl (C=O) groups excluding carboxylic acids is 4. The Balaban J connectivity index is 0. The maximum Gasteiger partial charge on any atom is 0.355 e. The molecule has 0 aliphatic rings. The van der Waals surface area contributed by atoms with Crippen molar-refractivity contribution in [3.8, 4) is 0 Å². The molecule has 34 heavy (non-hydrogen) atoms. The summed E-state index contributed by atoms with van der Waals surface area (Å²) in [5, 5.41) is 0. The number of rotatable bonds is 8. The predicted octanol–water partition coefficient (Wildman–Crippen LogP) is 3.69. The topological polar surface area (TPSA) is 105 Å². The van der Waals surface area contributed by atoms with Crippen molar-refractivity contribution in [2.75, 3.05) is 50.4 Å². The minimum Gasteiger partial charge on any atom is -0.457 e. The van der Waals surface area contributed by atoms with Gasteiger partial charge in [-0.15, -0.1) is 47.0 Å². The third-order valence-electron chi connectivity index (χ3n) is 2.69. The van der Waals surface area contributed by atoms with Crippen LogP contribution in [0.4, 0.5) is 0 Å². The third kappa shape index (κ3) is 18.9. The lowest BCUT2D eigenvalue weighted by atomic mass is 10.7. The highest BCUT2D eigenvalue weighted by atomic mass is 32.2. The van der Waals surface area contributed by atoms with E-state index in [0.717, 1.165) is 23.5 Å². The Morgan fingerprint density at radius 1 is 0.529 bits per heavy atom. The van der Waals surface area contributed by atoms with Crippen molar-refractivity contribution >= 4 is 137 Å². The van der Waals surface area contributed by atoms with Gasteiger partial charge in [-0.05, 0) is 24.0 Å². The van der Waals surface area contributed by atoms with Gasteiger partial charge >= 0.3 is 23.9 Å². The molecule has 0 aromatic heterocycles. The van der Waals surface area contributed by atoms with Crippen LogP contribution in [0.1, 0.15) is 13.8 Å². The van der Waals surface area contributed by atoms with Crippen molar-refractivity contribution in [3.05, 3.63) is 0 Å². The molecule has 0 spiro atoms. The molecule has 0 bridgehead atoms. The van der Waals surface area contributed by atoms with Crippen LogP contribution in [0.5, 0.6) is 0 Å². The van der Waals surface area contributed by atoms with Crippen LogP contribution in [0.2, 0.25) is 0 Å². The maximum atomic E-state index is 11.3. The van der Waals surface area contributed by atoms with E-state index in [-0.39, 0.29) is 43.2 Å². The molecular formula is C18H24O8S8. The highest BCUT2D eigenvalue weighted by Crippen LogP contribution is 2.06. The molecule has 0 rings (SSSR count). The molecule has 0 saturated heterocycles. The number of esters is 4. The van der Waals surface area contributed by atoms with Crippen molar-refractivity contribution < 1.29 is 38.1 Å². The van der Waals surface area contributed by atoms with Crippen LogP contribution >= 0.6 is 95.9 Å². The van der Waals surface area contributed by atoms with Gasteiger partial charge in [0.1, 0.15) is 26.4 Å². The Labute approximate surface area is 237 Å². The van der Waals surface area contributed by atoms with E-state index in [2.05, 4.69) is 0 Å². The van der Waals surface area contributed by atoms with Gasteiger partial charge in [-0.3, -0.25) is 0 Å². The van der Waals surface area contributed by atoms with E-state index in [1.807, 2.05) is 13.8 Å². The number of ether oxygens (including phenoxy) is 4. The molecule has 16 heteroatoms. The summed E-state index contributed by atoms with van der Waals surface area (Å²) in [4.78, 5) is 44.6. The molecule has 0 N–H and O–H groups in total. The van der Waals surface area contributed by atoms with Crippen LogP contribution in [-0.2, 0) is 38.1 Å². The van der Waals surface area contributed by atoms with Crippen LogP contribution in [0, 0.1) is 0 Å². The van der Waals surface area contributed by atoms with Gasteiger partial charge in [-0.2, -0.15) is 0 Å². The van der Waals surface area contributed by atoms with E-state index in [9.17, 15) is 19.2 Å². The second kappa shape index (κ2) is 23.1. The standard InChI is InChI=1S/C10H14O4S4.C8H10O4S4/c1-3-17-9(15)7(11)13-5-6-14-8(12)10(16)18-4-2;1-15-7(13)5(9)11-3-4-12-6(10)8(14)16-2/h3-6H2,1-2H3;3-4H2,1-2H3. The summed E-state index contributed by atoms with van der Waals surface area (Å²) < 4.78 is 19.7. The normalized spacial score (nSPS) is 9.53. The van der Waals surface area contributed by atoms with E-state index in [4.69, 9.17) is 67.8 Å². The minimum absolute atomic E-state index is 0.0195. The first kappa shape index (κ1) is 35.8. The molecule has 0 aliphatic heterocycles. The van der Waals surface area contributed by atoms with E-state index >= 15 is 0 Å². The summed E-state index contributed by atoms with van der Waals surface area (Å²) in [6.45, 7) is 3.68. The summed E-state index contributed by atoms with van der Waals surface area (Å²) in [7, 11) is 0. The van der Waals surface area contributed by atoms with E-state index in [1.165, 1.54) is 23.5 Å². The van der Waals surface area contributed by atoms with Gasteiger partial charge in [0.25, 0.3) is 0 Å². The number of hydrogen-bond acceptors (Lipinski definition) is 16. The molecule has 0 aromatic carbocycles. The fraction of sp³-hybridized carbons (Fsp3) is 0.556. The molecule has 0 fully saturated rings. The van der Waals surface area contributed by atoms with Crippen molar-refractivity contribution in [2.24, 2.45) is 0 Å². The van der Waals surface area contributed by atoms with Crippen molar-refractivity contribution in [1.82, 2.24) is 0 Å². The fourth-order valence-corrected chi connectivity index (χ4v) is 3.59. The number of carbonyl (C=O) groups is 4. The van der Waals surface area contributed by atoms with E-state index in [0.29, 0.717) is 11.5 Å². The molecule has 0 heterocycles. The summed E-state index contributed by atoms with van der Waals surface area (Å²) in [6.07, 6.45) is 3.36. The fourth-order valence-electron chi connectivity index (χ4n) is 1.32. The number of thiocarbonyl (C=S) groups is 4. The number of thioether (sulfide) groups is 4. The van der Waals surface area contributed by atoms with Crippen LogP contribution in [0.15, 0.2) is 0 Å². The van der Waals surface area contributed by atoms with Crippen LogP contribution < -0.4 is 0 Å². The largest absolute Gasteiger partial charge is 0.457 e.